The van der Waals surface area contributed by atoms with E-state index in [0.29, 0.717) is 56.9 Å². The number of piperidine rings is 1. The Hall–Kier alpha value is -4.65. The molecule has 3 aliphatic heterocycles. The van der Waals surface area contributed by atoms with Crippen LogP contribution in [0.2, 0.25) is 0 Å². The molecule has 4 heterocycles. The van der Waals surface area contributed by atoms with Crippen LogP contribution >= 0.6 is 0 Å². The van der Waals surface area contributed by atoms with Crippen LogP contribution < -0.4 is 0 Å². The number of hydrogen-bond acceptors (Lipinski definition) is 15. The molecule has 1 unspecified atom stereocenters. The van der Waals surface area contributed by atoms with Crippen LogP contribution in [-0.4, -0.2) is 142 Å². The number of ketones is 3. The number of rotatable bonds is 11. The highest BCUT2D eigenvalue weighted by atomic mass is 16.6. The van der Waals surface area contributed by atoms with Crippen LogP contribution in [0.5, 0.6) is 0 Å². The highest BCUT2D eigenvalue weighted by Crippen LogP contribution is 2.38. The number of aliphatic hydroxyl groups is 2. The molecule has 412 valence electrons. The smallest absolute Gasteiger partial charge is 0.329 e. The molecule has 0 spiro atoms. The number of Topliss-reactive ketones (excluding diaryl/α,β-unsaturated/α-hetero) is 3. The third kappa shape index (κ3) is 16.9. The van der Waals surface area contributed by atoms with Gasteiger partial charge in [-0.2, -0.15) is 0 Å². The fourth-order valence-corrected chi connectivity index (χ4v) is 11.0. The summed E-state index contributed by atoms with van der Waals surface area (Å²) < 4.78 is 37.2. The Bertz CT molecular complexity index is 2150. The summed E-state index contributed by atoms with van der Waals surface area (Å²) in [6.07, 6.45) is 18.2. The van der Waals surface area contributed by atoms with E-state index in [1.54, 1.807) is 57.2 Å². The van der Waals surface area contributed by atoms with Crippen LogP contribution in [0.4, 0.5) is 0 Å². The molecule has 14 atom stereocenters. The summed E-state index contributed by atoms with van der Waals surface area (Å²) >= 11 is 0. The lowest BCUT2D eigenvalue weighted by atomic mass is 9.79. The molecule has 1 aliphatic carbocycles. The summed E-state index contributed by atoms with van der Waals surface area (Å²) in [7, 11) is 2.96. The molecule has 5 rings (SSSR count). The van der Waals surface area contributed by atoms with E-state index >= 15 is 0 Å². The van der Waals surface area contributed by atoms with Crippen molar-refractivity contribution in [2.45, 2.75) is 187 Å². The van der Waals surface area contributed by atoms with Crippen molar-refractivity contribution in [1.29, 1.82) is 0 Å². The predicted octanol–water partition coefficient (Wildman–Crippen LogP) is 7.02. The molecule has 1 amide bonds. The van der Waals surface area contributed by atoms with Gasteiger partial charge in [-0.05, 0) is 101 Å². The average molecular weight is 1040 g/mol. The van der Waals surface area contributed by atoms with Gasteiger partial charge in [0.15, 0.2) is 5.78 Å². The topological polar surface area (TPSA) is 219 Å². The normalized spacial score (nSPS) is 35.8. The minimum Gasteiger partial charge on any atom is -0.462 e. The number of carbonyl (C=O) groups excluding carboxylic acids is 6. The van der Waals surface area contributed by atoms with E-state index in [9.17, 15) is 39.0 Å². The highest BCUT2D eigenvalue weighted by molar-refractivity contribution is 6.39. The zero-order chi connectivity index (χ0) is 54.1. The Kier molecular flexibility index (Phi) is 23.6. The van der Waals surface area contributed by atoms with E-state index in [1.165, 1.54) is 12.0 Å². The molecule has 3 fully saturated rings. The van der Waals surface area contributed by atoms with E-state index in [0.717, 1.165) is 24.8 Å². The first-order valence-corrected chi connectivity index (χ1v) is 26.9. The number of aromatic nitrogens is 2. The first kappa shape index (κ1) is 60.2. The van der Waals surface area contributed by atoms with Crippen LogP contribution in [-0.2, 0) is 63.7 Å². The molecule has 2 saturated heterocycles. The third-order valence-corrected chi connectivity index (χ3v) is 15.6. The zero-order valence-electron chi connectivity index (χ0n) is 45.4. The van der Waals surface area contributed by atoms with Crippen molar-refractivity contribution in [3.63, 3.8) is 0 Å². The minimum atomic E-state index is -2.44. The van der Waals surface area contributed by atoms with E-state index in [4.69, 9.17) is 28.4 Å². The van der Waals surface area contributed by atoms with Crippen molar-refractivity contribution in [3.8, 4) is 0 Å². The maximum atomic E-state index is 14.5. The van der Waals surface area contributed by atoms with Gasteiger partial charge in [-0.3, -0.25) is 24.0 Å². The molecule has 1 aromatic rings. The molecular weight excluding hydrogens is 951 g/mol. The number of ether oxygens (including phenoxy) is 6. The summed E-state index contributed by atoms with van der Waals surface area (Å²) in [5, 5.41) is 23.5. The molecule has 1 saturated carbocycles. The largest absolute Gasteiger partial charge is 0.462 e. The summed E-state index contributed by atoms with van der Waals surface area (Å²) in [5.74, 6) is -8.40. The van der Waals surface area contributed by atoms with E-state index in [-0.39, 0.29) is 74.6 Å². The number of fused-ring (bicyclic) bond motifs is 3. The molecule has 0 aromatic carbocycles. The Morgan fingerprint density at radius 1 is 0.905 bits per heavy atom. The fourth-order valence-electron chi connectivity index (χ4n) is 11.0. The SMILES string of the molecule is CO[C@H]1C[C@@H]2CC[C@@H](C)[C@@](O)(O2)C(=O)C(=O)N2CCCC[C@H]2C(=O)O[C@H]([C@H](C)CC2CCC[C@H](OCCOC(=O)Cn3ccnc3)C2)CC(=O)[C@H](C)/C=C(\C)[C@@H](O)[C@@H](OC)C(=O)[C@H](C)C[C@H](C)/C=C/C=C/C=C/1C. The average Bonchev–Trinajstić information content (AvgIpc) is 3.89. The second kappa shape index (κ2) is 29.0. The lowest BCUT2D eigenvalue weighted by Gasteiger charge is -2.42. The number of nitrogens with zero attached hydrogens (tertiary/aromatic N) is 3. The number of aliphatic hydroxyl groups excluding tert-OH is 1. The van der Waals surface area contributed by atoms with Crippen LogP contribution in [0.3, 0.4) is 0 Å². The number of allylic oxidation sites excluding steroid dienone is 6. The number of cyclic esters (lactones) is 1. The van der Waals surface area contributed by atoms with Crippen molar-refractivity contribution in [2.24, 2.45) is 35.5 Å². The number of esters is 2. The third-order valence-electron chi connectivity index (χ3n) is 15.6. The lowest BCUT2D eigenvalue weighted by Crippen LogP contribution is -2.61. The monoisotopic (exact) mass is 1040 g/mol. The quantitative estimate of drug-likeness (QED) is 0.0985. The van der Waals surface area contributed by atoms with Gasteiger partial charge in [0.1, 0.15) is 43.3 Å². The van der Waals surface area contributed by atoms with Crippen LogP contribution in [0.1, 0.15) is 132 Å². The molecule has 17 nitrogen and oxygen atoms in total. The molecule has 74 heavy (non-hydrogen) atoms. The van der Waals surface area contributed by atoms with E-state index < -0.39 is 83.7 Å². The fraction of sp³-hybridized carbons (Fsp3) is 0.702. The highest BCUT2D eigenvalue weighted by Gasteiger charge is 2.53. The van der Waals surface area contributed by atoms with Gasteiger partial charge in [0, 0.05) is 63.8 Å². The van der Waals surface area contributed by atoms with Crippen molar-refractivity contribution in [2.75, 3.05) is 34.0 Å². The van der Waals surface area contributed by atoms with Gasteiger partial charge in [-0.25, -0.2) is 9.78 Å². The number of hydrogen-bond donors (Lipinski definition) is 2. The standard InChI is InChI=1S/C57H85N3O14/c1-36-16-11-10-12-17-37(2)48(69-8)32-45-22-21-42(7)57(68,74-45)54(65)55(66)60-24-14-13-20-46(60)56(67)73-49(33-47(61)38(3)29-41(6)52(64)53(70-9)51(63)40(5)28-36)39(4)30-43-18-15-19-44(31-43)71-26-27-72-50(62)34-59-25-23-58-35-59/h10-12,16-17,23,25,29,35-36,38-40,42-46,48-49,52-53,64,68H,13-15,18-22,24,26-28,30-34H2,1-9H3/b12-10+,16-11+,37-17+,41-29+/t36-,38-,39-,40-,42-,43?,44+,45+,46+,48+,49+,52-,53+,57-/m1/s1. The van der Waals surface area contributed by atoms with Gasteiger partial charge in [0.2, 0.25) is 5.79 Å². The Morgan fingerprint density at radius 3 is 2.39 bits per heavy atom. The minimum absolute atomic E-state index is 0.00932. The summed E-state index contributed by atoms with van der Waals surface area (Å²) in [4.78, 5) is 88.7. The number of imidazole rings is 1. The van der Waals surface area contributed by atoms with Gasteiger partial charge >= 0.3 is 11.9 Å². The van der Waals surface area contributed by atoms with Gasteiger partial charge in [0.25, 0.3) is 11.7 Å². The van der Waals surface area contributed by atoms with E-state index in [1.807, 2.05) is 58.1 Å². The predicted molar refractivity (Wildman–Crippen MR) is 276 cm³/mol. The van der Waals surface area contributed by atoms with Crippen molar-refractivity contribution >= 4 is 35.2 Å². The van der Waals surface area contributed by atoms with Crippen molar-refractivity contribution < 1.29 is 67.4 Å². The van der Waals surface area contributed by atoms with Crippen LogP contribution in [0.15, 0.2) is 66.3 Å². The molecule has 4 aliphatic rings. The summed E-state index contributed by atoms with van der Waals surface area (Å²) in [6.45, 7) is 13.2. The Balaban J connectivity index is 1.39. The molecule has 0 radical (unpaired) electrons. The second-order valence-corrected chi connectivity index (χ2v) is 21.6. The second-order valence-electron chi connectivity index (χ2n) is 21.6. The first-order chi connectivity index (χ1) is 35.3. The van der Waals surface area contributed by atoms with Gasteiger partial charge in [-0.1, -0.05) is 83.9 Å². The van der Waals surface area contributed by atoms with Crippen molar-refractivity contribution in [1.82, 2.24) is 14.5 Å². The number of amides is 1. The first-order valence-electron chi connectivity index (χ1n) is 26.9. The number of carbonyl (C=O) groups is 6. The Morgan fingerprint density at radius 2 is 1.68 bits per heavy atom. The maximum absolute atomic E-state index is 14.5. The van der Waals surface area contributed by atoms with Gasteiger partial charge in [0.05, 0.1) is 31.2 Å². The zero-order valence-corrected chi connectivity index (χ0v) is 45.4. The molecule has 1 aromatic heterocycles. The molecular formula is C57H85N3O14. The van der Waals surface area contributed by atoms with Gasteiger partial charge in [-0.15, -0.1) is 0 Å². The molecule has 2 N–H and O–H groups in total. The van der Waals surface area contributed by atoms with Crippen LogP contribution in [0.25, 0.3) is 0 Å². The maximum Gasteiger partial charge on any atom is 0.329 e. The van der Waals surface area contributed by atoms with E-state index in [2.05, 4.69) is 4.98 Å². The number of methoxy groups -OCH3 is 2. The molecule has 2 bridgehead atoms. The lowest BCUT2D eigenvalue weighted by molar-refractivity contribution is -0.265. The van der Waals surface area contributed by atoms with Crippen LogP contribution in [0, 0.1) is 35.5 Å². The van der Waals surface area contributed by atoms with Gasteiger partial charge < -0.3 is 48.1 Å². The summed E-state index contributed by atoms with van der Waals surface area (Å²) in [6, 6.07) is -1.15. The van der Waals surface area contributed by atoms with Crippen molar-refractivity contribution in [3.05, 3.63) is 66.3 Å². The molecule has 17 heteroatoms. The summed E-state index contributed by atoms with van der Waals surface area (Å²) in [5.41, 5.74) is 1.26. The Labute approximate surface area is 438 Å².